The normalized spacial score (nSPS) is 11.4. The van der Waals surface area contributed by atoms with Crippen LogP contribution in [0.4, 0.5) is 0 Å². The summed E-state index contributed by atoms with van der Waals surface area (Å²) in [5.41, 5.74) is 4.99. The van der Waals surface area contributed by atoms with Gasteiger partial charge in [0.25, 0.3) is 11.9 Å². The van der Waals surface area contributed by atoms with E-state index in [9.17, 15) is 0 Å². The van der Waals surface area contributed by atoms with E-state index in [0.29, 0.717) is 0 Å². The maximum absolute atomic E-state index is 7.39. The summed E-state index contributed by atoms with van der Waals surface area (Å²) in [5.74, 6) is 0. The molecule has 0 spiro atoms. The summed E-state index contributed by atoms with van der Waals surface area (Å²) in [7, 11) is 2.02. The number of nitrogens with zero attached hydrogens (tertiary/aromatic N) is 3. The quantitative estimate of drug-likeness (QED) is 0.514. The fourth-order valence-electron chi connectivity index (χ4n) is 2.85. The molecule has 0 atom stereocenters. The predicted molar refractivity (Wildman–Crippen MR) is 92.7 cm³/mol. The zero-order valence-corrected chi connectivity index (χ0v) is 14.0. The van der Waals surface area contributed by atoms with Crippen molar-refractivity contribution in [2.24, 2.45) is 7.05 Å². The summed E-state index contributed by atoms with van der Waals surface area (Å²) in [4.78, 5) is 8.29. The summed E-state index contributed by atoms with van der Waals surface area (Å²) in [6.07, 6.45) is 1.85. The van der Waals surface area contributed by atoms with E-state index in [4.69, 9.17) is 6.57 Å². The lowest BCUT2D eigenvalue weighted by atomic mass is 9.93. The Labute approximate surface area is 137 Å². The smallest absolute Gasteiger partial charge is 0.287 e. The van der Waals surface area contributed by atoms with Crippen molar-refractivity contribution in [1.29, 1.82) is 0 Å². The van der Waals surface area contributed by atoms with E-state index in [-0.39, 0.29) is 0 Å². The molecule has 0 saturated heterocycles. The molecule has 23 heavy (non-hydrogen) atoms. The second kappa shape index (κ2) is 5.48. The molecule has 0 saturated carbocycles. The van der Waals surface area contributed by atoms with Crippen LogP contribution in [0.3, 0.4) is 0 Å². The fourth-order valence-corrected chi connectivity index (χ4v) is 2.85. The Hall–Kier alpha value is -2.73. The Morgan fingerprint density at radius 1 is 1.13 bits per heavy atom. The van der Waals surface area contributed by atoms with Gasteiger partial charge >= 0.3 is 0 Å². The molecule has 0 fully saturated rings. The van der Waals surface area contributed by atoms with Crippen molar-refractivity contribution in [2.45, 2.75) is 26.3 Å². The summed E-state index contributed by atoms with van der Waals surface area (Å²) >= 11 is 0. The van der Waals surface area contributed by atoms with E-state index < -0.39 is 5.54 Å². The van der Waals surface area contributed by atoms with Gasteiger partial charge < -0.3 is 4.85 Å². The molecule has 1 aromatic heterocycles. The molecule has 3 heteroatoms. The highest BCUT2D eigenvalue weighted by Gasteiger charge is 2.27. The van der Waals surface area contributed by atoms with E-state index >= 15 is 0 Å². The fraction of sp³-hybridized carbons (Fsp3) is 0.250. The van der Waals surface area contributed by atoms with E-state index in [1.165, 1.54) is 11.1 Å². The van der Waals surface area contributed by atoms with Crippen LogP contribution in [0.2, 0.25) is 0 Å². The van der Waals surface area contributed by atoms with Gasteiger partial charge in [0.05, 0.1) is 12.4 Å². The van der Waals surface area contributed by atoms with Crippen molar-refractivity contribution < 1.29 is 4.57 Å². The van der Waals surface area contributed by atoms with Crippen molar-refractivity contribution in [2.75, 3.05) is 0 Å². The third-order valence-corrected chi connectivity index (χ3v) is 4.36. The number of aromatic nitrogens is 2. The molecule has 3 aromatic rings. The standard InChI is InChI=1S/C20H20N3/c1-14-8-6-7-9-16(14)19-17-11-10-15(20(2,3)21-4)12-18(17)22-13-23(19)5/h6-13H,1-3,5H3/q+1. The van der Waals surface area contributed by atoms with Crippen LogP contribution in [0.1, 0.15) is 25.0 Å². The van der Waals surface area contributed by atoms with Gasteiger partial charge in [0.2, 0.25) is 0 Å². The Balaban J connectivity index is 2.30. The third kappa shape index (κ3) is 2.57. The Bertz CT molecular complexity index is 933. The van der Waals surface area contributed by atoms with Gasteiger partial charge in [-0.1, -0.05) is 24.3 Å². The Morgan fingerprint density at radius 2 is 1.87 bits per heavy atom. The van der Waals surface area contributed by atoms with Crippen molar-refractivity contribution in [3.05, 3.63) is 71.3 Å². The molecule has 3 nitrogen and oxygen atoms in total. The van der Waals surface area contributed by atoms with E-state index in [1.807, 2.05) is 39.4 Å². The van der Waals surface area contributed by atoms with Crippen molar-refractivity contribution in [3.8, 4) is 11.3 Å². The molecule has 3 rings (SSSR count). The SMILES string of the molecule is [C-]#[N+]C(C)(C)c1ccc2c(-c3ccccc3C)[n+](C)cnc2c1. The number of hydrogen-bond acceptors (Lipinski definition) is 1. The van der Waals surface area contributed by atoms with Crippen LogP contribution in [-0.2, 0) is 12.6 Å². The second-order valence-corrected chi connectivity index (χ2v) is 6.42. The molecular formula is C20H20N3+. The van der Waals surface area contributed by atoms with Gasteiger partial charge in [0, 0.05) is 31.0 Å². The minimum atomic E-state index is -0.531. The van der Waals surface area contributed by atoms with Gasteiger partial charge in [0.1, 0.15) is 5.69 Å². The van der Waals surface area contributed by atoms with Crippen molar-refractivity contribution >= 4 is 10.9 Å². The lowest BCUT2D eigenvalue weighted by molar-refractivity contribution is -0.662. The van der Waals surface area contributed by atoms with Crippen LogP contribution >= 0.6 is 0 Å². The van der Waals surface area contributed by atoms with Gasteiger partial charge in [-0.15, -0.1) is 0 Å². The van der Waals surface area contributed by atoms with Gasteiger partial charge in [-0.2, -0.15) is 0 Å². The number of aryl methyl sites for hydroxylation is 2. The number of rotatable bonds is 2. The molecule has 0 aliphatic heterocycles. The average Bonchev–Trinajstić information content (AvgIpc) is 2.55. The van der Waals surface area contributed by atoms with Crippen LogP contribution in [0.15, 0.2) is 48.8 Å². The van der Waals surface area contributed by atoms with Crippen LogP contribution in [0, 0.1) is 13.5 Å². The summed E-state index contributed by atoms with van der Waals surface area (Å²) < 4.78 is 2.06. The topological polar surface area (TPSA) is 21.1 Å². The van der Waals surface area contributed by atoms with E-state index in [2.05, 4.69) is 51.7 Å². The summed E-state index contributed by atoms with van der Waals surface area (Å²) in [6.45, 7) is 13.4. The van der Waals surface area contributed by atoms with Crippen molar-refractivity contribution in [1.82, 2.24) is 4.98 Å². The monoisotopic (exact) mass is 302 g/mol. The van der Waals surface area contributed by atoms with E-state index in [0.717, 1.165) is 22.2 Å². The first-order valence-corrected chi connectivity index (χ1v) is 7.67. The minimum Gasteiger partial charge on any atom is -0.306 e. The molecule has 0 radical (unpaired) electrons. The Morgan fingerprint density at radius 3 is 2.57 bits per heavy atom. The lowest BCUT2D eigenvalue weighted by Crippen LogP contribution is -2.31. The van der Waals surface area contributed by atoms with Crippen LogP contribution < -0.4 is 4.57 Å². The second-order valence-electron chi connectivity index (χ2n) is 6.42. The van der Waals surface area contributed by atoms with E-state index in [1.54, 1.807) is 0 Å². The average molecular weight is 302 g/mol. The Kier molecular flexibility index (Phi) is 3.61. The highest BCUT2D eigenvalue weighted by atomic mass is 15.0. The number of benzene rings is 2. The molecule has 114 valence electrons. The number of hydrogen-bond donors (Lipinski definition) is 0. The molecule has 1 heterocycles. The third-order valence-electron chi connectivity index (χ3n) is 4.36. The maximum atomic E-state index is 7.39. The van der Waals surface area contributed by atoms with Crippen molar-refractivity contribution in [3.63, 3.8) is 0 Å². The predicted octanol–water partition coefficient (Wildman–Crippen LogP) is 4.19. The highest BCUT2D eigenvalue weighted by Crippen LogP contribution is 2.31. The zero-order valence-electron chi connectivity index (χ0n) is 14.0. The molecule has 0 bridgehead atoms. The molecule has 2 aromatic carbocycles. The molecular weight excluding hydrogens is 282 g/mol. The maximum Gasteiger partial charge on any atom is 0.287 e. The first-order chi connectivity index (χ1) is 10.9. The van der Waals surface area contributed by atoms with Crippen LogP contribution in [0.25, 0.3) is 27.0 Å². The first-order valence-electron chi connectivity index (χ1n) is 7.67. The summed E-state index contributed by atoms with van der Waals surface area (Å²) in [5, 5.41) is 1.11. The zero-order chi connectivity index (χ0) is 16.6. The molecule has 0 aliphatic carbocycles. The van der Waals surface area contributed by atoms with Gasteiger partial charge in [0.15, 0.2) is 5.52 Å². The highest BCUT2D eigenvalue weighted by molar-refractivity contribution is 5.91. The van der Waals surface area contributed by atoms with Crippen LogP contribution in [-0.4, -0.2) is 4.98 Å². The minimum absolute atomic E-state index is 0.531. The molecule has 0 N–H and O–H groups in total. The van der Waals surface area contributed by atoms with Gasteiger partial charge in [-0.3, -0.25) is 0 Å². The molecule has 0 unspecified atom stereocenters. The van der Waals surface area contributed by atoms with Gasteiger partial charge in [-0.25, -0.2) is 11.1 Å². The molecule has 0 amide bonds. The van der Waals surface area contributed by atoms with Crippen LogP contribution in [0.5, 0.6) is 0 Å². The number of fused-ring (bicyclic) bond motifs is 1. The lowest BCUT2D eigenvalue weighted by Gasteiger charge is -2.12. The molecule has 0 aliphatic rings. The summed E-state index contributed by atoms with van der Waals surface area (Å²) in [6, 6.07) is 14.5. The largest absolute Gasteiger partial charge is 0.306 e. The van der Waals surface area contributed by atoms with Gasteiger partial charge in [-0.05, 0) is 29.6 Å². The first kappa shape index (κ1) is 15.2.